The summed E-state index contributed by atoms with van der Waals surface area (Å²) in [6, 6.07) is 9.09. The second-order valence-corrected chi connectivity index (χ2v) is 13.0. The van der Waals surface area contributed by atoms with Crippen molar-refractivity contribution in [1.82, 2.24) is 10.3 Å². The minimum absolute atomic E-state index is 0.171. The molecule has 5 N–H and O–H groups in total. The van der Waals surface area contributed by atoms with Crippen molar-refractivity contribution in [2.24, 2.45) is 11.1 Å². The molecule has 5 rings (SSSR count). The molecule has 0 radical (unpaired) electrons. The van der Waals surface area contributed by atoms with Crippen molar-refractivity contribution in [3.05, 3.63) is 80.8 Å². The van der Waals surface area contributed by atoms with Crippen LogP contribution in [0.15, 0.2) is 53.1 Å². The molecule has 3 aromatic rings. The summed E-state index contributed by atoms with van der Waals surface area (Å²) in [4.78, 5) is 44.7. The van der Waals surface area contributed by atoms with Gasteiger partial charge in [-0.2, -0.15) is 0 Å². The average molecular weight is 659 g/mol. The molecule has 3 heterocycles. The summed E-state index contributed by atoms with van der Waals surface area (Å²) in [6.07, 6.45) is 1.90. The van der Waals surface area contributed by atoms with Gasteiger partial charge in [0.25, 0.3) is 0 Å². The van der Waals surface area contributed by atoms with Crippen molar-refractivity contribution in [3.63, 3.8) is 0 Å². The van der Waals surface area contributed by atoms with Gasteiger partial charge < -0.3 is 26.4 Å². The van der Waals surface area contributed by atoms with Gasteiger partial charge in [0.15, 0.2) is 0 Å². The molecule has 0 bridgehead atoms. The first-order valence-corrected chi connectivity index (χ1v) is 14.4. The number of carbonyl (C=O) groups is 3. The van der Waals surface area contributed by atoms with E-state index >= 15 is 4.39 Å². The Kier molecular flexibility index (Phi) is 7.80. The van der Waals surface area contributed by atoms with Crippen LogP contribution in [-0.4, -0.2) is 41.9 Å². The summed E-state index contributed by atoms with van der Waals surface area (Å²) in [5.41, 5.74) is 5.11. The lowest BCUT2D eigenvalue weighted by Gasteiger charge is -2.37. The molecule has 220 valence electrons. The van der Waals surface area contributed by atoms with Gasteiger partial charge in [-0.3, -0.25) is 19.4 Å². The molecule has 0 aliphatic carbocycles. The number of fused-ring (bicyclic) bond motifs is 2. The molecular weight excluding hydrogens is 629 g/mol. The lowest BCUT2D eigenvalue weighted by molar-refractivity contribution is -0.122. The predicted molar refractivity (Wildman–Crippen MR) is 161 cm³/mol. The largest absolute Gasteiger partial charge is 0.495 e. The van der Waals surface area contributed by atoms with Crippen molar-refractivity contribution in [2.75, 3.05) is 17.7 Å². The summed E-state index contributed by atoms with van der Waals surface area (Å²) >= 11 is 9.51. The molecule has 1 fully saturated rings. The van der Waals surface area contributed by atoms with Crippen LogP contribution in [0.1, 0.15) is 54.7 Å². The fourth-order valence-electron chi connectivity index (χ4n) is 6.14. The lowest BCUT2D eigenvalue weighted by atomic mass is 9.64. The number of ether oxygens (including phenoxy) is 1. The van der Waals surface area contributed by atoms with E-state index in [0.717, 1.165) is 0 Å². The smallest absolute Gasteiger partial charge is 0.248 e. The number of carbonyl (C=O) groups excluding carboxylic acids is 3. The number of anilines is 2. The number of primary amides is 1. The van der Waals surface area contributed by atoms with Crippen molar-refractivity contribution >= 4 is 56.6 Å². The van der Waals surface area contributed by atoms with Gasteiger partial charge in [-0.05, 0) is 63.7 Å². The third-order valence-corrected chi connectivity index (χ3v) is 8.60. The quantitative estimate of drug-likeness (QED) is 0.290. The highest BCUT2D eigenvalue weighted by Gasteiger charge is 2.67. The first-order valence-electron chi connectivity index (χ1n) is 13.2. The number of nitrogens with zero attached hydrogens (tertiary/aromatic N) is 1. The number of benzene rings is 2. The zero-order chi connectivity index (χ0) is 30.6. The van der Waals surface area contributed by atoms with Gasteiger partial charge in [0.2, 0.25) is 17.7 Å². The number of methoxy groups -OCH3 is 1. The normalized spacial score (nSPS) is 23.0. The number of halogens is 3. The fraction of sp³-hybridized carbons (Fsp3) is 0.333. The molecule has 1 saturated heterocycles. The van der Waals surface area contributed by atoms with Crippen LogP contribution in [0.2, 0.25) is 5.02 Å². The molecule has 9 nitrogen and oxygen atoms in total. The number of nitrogens with two attached hydrogens (primary N) is 1. The second kappa shape index (κ2) is 10.9. The number of pyridine rings is 1. The number of hydrogen-bond donors (Lipinski definition) is 4. The molecule has 2 aliphatic heterocycles. The topological polar surface area (TPSA) is 135 Å². The summed E-state index contributed by atoms with van der Waals surface area (Å²) in [5, 5.41) is 9.50. The van der Waals surface area contributed by atoms with Crippen LogP contribution in [0, 0.1) is 11.2 Å². The number of aromatic nitrogens is 1. The zero-order valence-corrected chi connectivity index (χ0v) is 25.7. The summed E-state index contributed by atoms with van der Waals surface area (Å²) in [5.74, 6) is -2.99. The minimum Gasteiger partial charge on any atom is -0.495 e. The van der Waals surface area contributed by atoms with Crippen LogP contribution in [0.25, 0.3) is 0 Å². The fourth-order valence-corrected chi connectivity index (χ4v) is 6.68. The van der Waals surface area contributed by atoms with Crippen LogP contribution in [0.5, 0.6) is 5.75 Å². The van der Waals surface area contributed by atoms with Gasteiger partial charge in [-0.15, -0.1) is 0 Å². The van der Waals surface area contributed by atoms with Crippen LogP contribution in [-0.2, 0) is 15.0 Å². The van der Waals surface area contributed by atoms with Crippen molar-refractivity contribution in [1.29, 1.82) is 0 Å². The molecular formula is C30H30BrClFN5O4. The van der Waals surface area contributed by atoms with E-state index in [4.69, 9.17) is 22.1 Å². The van der Waals surface area contributed by atoms with Crippen molar-refractivity contribution in [3.8, 4) is 5.75 Å². The zero-order valence-electron chi connectivity index (χ0n) is 23.3. The van der Waals surface area contributed by atoms with E-state index in [0.29, 0.717) is 22.8 Å². The Morgan fingerprint density at radius 2 is 1.98 bits per heavy atom. The molecule has 0 saturated carbocycles. The average Bonchev–Trinajstić information content (AvgIpc) is 3.39. The van der Waals surface area contributed by atoms with E-state index in [9.17, 15) is 14.4 Å². The van der Waals surface area contributed by atoms with Gasteiger partial charge in [0, 0.05) is 23.7 Å². The van der Waals surface area contributed by atoms with Gasteiger partial charge in [0.05, 0.1) is 39.7 Å². The Hall–Kier alpha value is -3.54. The maximum absolute atomic E-state index is 16.0. The number of amides is 3. The molecule has 12 heteroatoms. The maximum atomic E-state index is 16.0. The Morgan fingerprint density at radius 1 is 1.24 bits per heavy atom. The molecule has 2 aliphatic rings. The molecule has 3 amide bonds. The second-order valence-electron chi connectivity index (χ2n) is 11.7. The van der Waals surface area contributed by atoms with Crippen molar-refractivity contribution in [2.45, 2.75) is 50.6 Å². The first kappa shape index (κ1) is 29.9. The molecule has 0 unspecified atom stereocenters. The predicted octanol–water partition coefficient (Wildman–Crippen LogP) is 5.13. The molecule has 42 heavy (non-hydrogen) atoms. The van der Waals surface area contributed by atoms with E-state index in [-0.39, 0.29) is 32.5 Å². The highest BCUT2D eigenvalue weighted by atomic mass is 79.9. The molecule has 1 aromatic heterocycles. The molecule has 2 aromatic carbocycles. The third kappa shape index (κ3) is 5.03. The van der Waals surface area contributed by atoms with Crippen LogP contribution in [0.4, 0.5) is 15.8 Å². The van der Waals surface area contributed by atoms with E-state index < -0.39 is 47.0 Å². The van der Waals surface area contributed by atoms with E-state index in [1.54, 1.807) is 24.3 Å². The van der Waals surface area contributed by atoms with Crippen LogP contribution >= 0.6 is 27.5 Å². The standard InChI is InChI=1S/C30H30BrClFN5O4/c1-29(2,3)12-21-30(25-19(37-28(30)41)11-15(32)13-35-25)22(16-6-5-7-17(31)23(16)33)24(38-21)27(40)36-18-9-8-14(26(34)39)10-20(18)42-4/h5-11,13,21-22,24,38H,12H2,1-4H3,(H2,34,39)(H,36,40)(H,37,41)/t21-,22-,24+,30+/m0/s1. The minimum atomic E-state index is -1.46. The Labute approximate surface area is 255 Å². The van der Waals surface area contributed by atoms with Gasteiger partial charge in [-0.1, -0.05) is 44.5 Å². The highest BCUT2D eigenvalue weighted by Crippen LogP contribution is 2.56. The SMILES string of the molecule is COc1cc(C(N)=O)ccc1NC(=O)[C@@H]1N[C@@H](CC(C)(C)C)[C@@]2(C(=O)Nc3cc(Cl)cnc32)[C@H]1c1cccc(Br)c1F. The third-order valence-electron chi connectivity index (χ3n) is 7.78. The lowest BCUT2D eigenvalue weighted by Crippen LogP contribution is -2.50. The molecule has 4 atom stereocenters. The number of rotatable bonds is 6. The number of nitrogens with one attached hydrogen (secondary N) is 3. The highest BCUT2D eigenvalue weighted by molar-refractivity contribution is 9.10. The summed E-state index contributed by atoms with van der Waals surface area (Å²) in [7, 11) is 1.40. The van der Waals surface area contributed by atoms with Crippen LogP contribution < -0.4 is 26.4 Å². The van der Waals surface area contributed by atoms with E-state index in [1.165, 1.54) is 31.5 Å². The number of hydrogen-bond acceptors (Lipinski definition) is 6. The van der Waals surface area contributed by atoms with Crippen molar-refractivity contribution < 1.29 is 23.5 Å². The monoisotopic (exact) mass is 657 g/mol. The first-order chi connectivity index (χ1) is 19.8. The summed E-state index contributed by atoms with van der Waals surface area (Å²) in [6.45, 7) is 6.08. The van der Waals surface area contributed by atoms with Gasteiger partial charge >= 0.3 is 0 Å². The Bertz CT molecular complexity index is 1610. The molecule has 1 spiro atoms. The van der Waals surface area contributed by atoms with Gasteiger partial charge in [0.1, 0.15) is 17.0 Å². The Morgan fingerprint density at radius 3 is 2.64 bits per heavy atom. The van der Waals surface area contributed by atoms with Gasteiger partial charge in [-0.25, -0.2) is 4.39 Å². The maximum Gasteiger partial charge on any atom is 0.248 e. The van der Waals surface area contributed by atoms with E-state index in [1.807, 2.05) is 20.8 Å². The van der Waals surface area contributed by atoms with E-state index in [2.05, 4.69) is 36.9 Å². The van der Waals surface area contributed by atoms with Crippen LogP contribution in [0.3, 0.4) is 0 Å². The summed E-state index contributed by atoms with van der Waals surface area (Å²) < 4.78 is 21.6. The Balaban J connectivity index is 1.70.